The highest BCUT2D eigenvalue weighted by molar-refractivity contribution is 9.10. The molecule has 0 spiro atoms. The average molecular weight is 324 g/mol. The van der Waals surface area contributed by atoms with Crippen LogP contribution in [-0.4, -0.2) is 16.7 Å². The Morgan fingerprint density at radius 3 is 2.72 bits per heavy atom. The van der Waals surface area contributed by atoms with Crippen LogP contribution in [0.3, 0.4) is 0 Å². The maximum atomic E-state index is 9.58. The normalized spacial score (nSPS) is 17.4. The Kier molecular flexibility index (Phi) is 3.26. The third kappa shape index (κ3) is 1.92. The molecule has 1 aromatic carbocycles. The summed E-state index contributed by atoms with van der Waals surface area (Å²) in [4.78, 5) is 4.73. The first-order valence-corrected chi connectivity index (χ1v) is 7.74. The molecule has 1 saturated carbocycles. The van der Waals surface area contributed by atoms with Crippen molar-refractivity contribution in [2.24, 2.45) is 0 Å². The van der Waals surface area contributed by atoms with Crippen molar-refractivity contribution in [3.63, 3.8) is 0 Å². The lowest BCUT2D eigenvalue weighted by Gasteiger charge is -2.38. The molecule has 1 aromatic heterocycles. The summed E-state index contributed by atoms with van der Waals surface area (Å²) < 4.78 is 1.06. The molecule has 3 rings (SSSR count). The van der Waals surface area contributed by atoms with Gasteiger partial charge in [-0.2, -0.15) is 0 Å². The maximum absolute atomic E-state index is 9.58. The number of benzene rings is 1. The van der Waals surface area contributed by atoms with E-state index in [0.717, 1.165) is 33.6 Å². The van der Waals surface area contributed by atoms with Gasteiger partial charge in [0.15, 0.2) is 0 Å². The molecule has 1 heterocycles. The second-order valence-electron chi connectivity index (χ2n) is 4.81. The molecule has 2 nitrogen and oxygen atoms in total. The Labute approximate surface area is 119 Å². The minimum atomic E-state index is -0.0514. The SMILES string of the molecule is OCC1(c2nc(-c3ccccc3Br)cs2)CCC1. The molecule has 2 aromatic rings. The third-order valence-corrected chi connectivity index (χ3v) is 5.50. The summed E-state index contributed by atoms with van der Waals surface area (Å²) in [6.45, 7) is 0.218. The van der Waals surface area contributed by atoms with Gasteiger partial charge in [-0.3, -0.25) is 0 Å². The van der Waals surface area contributed by atoms with Gasteiger partial charge in [-0.1, -0.05) is 40.5 Å². The summed E-state index contributed by atoms with van der Waals surface area (Å²) in [7, 11) is 0. The van der Waals surface area contributed by atoms with E-state index in [-0.39, 0.29) is 12.0 Å². The summed E-state index contributed by atoms with van der Waals surface area (Å²) in [6, 6.07) is 8.11. The van der Waals surface area contributed by atoms with E-state index in [4.69, 9.17) is 4.98 Å². The fraction of sp³-hybridized carbons (Fsp3) is 0.357. The van der Waals surface area contributed by atoms with Gasteiger partial charge in [0.25, 0.3) is 0 Å². The lowest BCUT2D eigenvalue weighted by atomic mass is 9.70. The molecule has 0 saturated heterocycles. The highest BCUT2D eigenvalue weighted by atomic mass is 79.9. The van der Waals surface area contributed by atoms with Gasteiger partial charge in [0.2, 0.25) is 0 Å². The Morgan fingerprint density at radius 1 is 1.33 bits per heavy atom. The first kappa shape index (κ1) is 12.3. The lowest BCUT2D eigenvalue weighted by molar-refractivity contribution is 0.120. The van der Waals surface area contributed by atoms with Gasteiger partial charge in [0.1, 0.15) is 5.01 Å². The molecule has 0 unspecified atom stereocenters. The van der Waals surface area contributed by atoms with Crippen molar-refractivity contribution < 1.29 is 5.11 Å². The number of nitrogens with zero attached hydrogens (tertiary/aromatic N) is 1. The zero-order chi connectivity index (χ0) is 12.6. The van der Waals surface area contributed by atoms with Crippen LogP contribution in [0.25, 0.3) is 11.3 Å². The number of aliphatic hydroxyl groups is 1. The highest BCUT2D eigenvalue weighted by Gasteiger charge is 2.40. The molecule has 94 valence electrons. The van der Waals surface area contributed by atoms with Crippen LogP contribution in [0.1, 0.15) is 24.3 Å². The number of rotatable bonds is 3. The Bertz CT molecular complexity index is 557. The summed E-state index contributed by atoms with van der Waals surface area (Å²) in [6.07, 6.45) is 3.32. The van der Waals surface area contributed by atoms with E-state index in [0.29, 0.717) is 0 Å². The summed E-state index contributed by atoms with van der Waals surface area (Å²) >= 11 is 5.22. The number of hydrogen-bond donors (Lipinski definition) is 1. The number of halogens is 1. The fourth-order valence-corrected chi connectivity index (χ4v) is 3.91. The van der Waals surface area contributed by atoms with Crippen molar-refractivity contribution >= 4 is 27.3 Å². The van der Waals surface area contributed by atoms with Crippen molar-refractivity contribution in [3.8, 4) is 11.3 Å². The Hall–Kier alpha value is -0.710. The van der Waals surface area contributed by atoms with Crippen molar-refractivity contribution in [3.05, 3.63) is 39.1 Å². The van der Waals surface area contributed by atoms with Crippen LogP contribution in [0.2, 0.25) is 0 Å². The minimum absolute atomic E-state index is 0.0514. The van der Waals surface area contributed by atoms with Crippen molar-refractivity contribution in [2.45, 2.75) is 24.7 Å². The Morgan fingerprint density at radius 2 is 2.11 bits per heavy atom. The van der Waals surface area contributed by atoms with E-state index >= 15 is 0 Å². The molecule has 1 N–H and O–H groups in total. The van der Waals surface area contributed by atoms with Crippen LogP contribution in [-0.2, 0) is 5.41 Å². The van der Waals surface area contributed by atoms with Crippen molar-refractivity contribution in [1.82, 2.24) is 4.98 Å². The van der Waals surface area contributed by atoms with Gasteiger partial charge in [0, 0.05) is 20.8 Å². The van der Waals surface area contributed by atoms with Crippen molar-refractivity contribution in [1.29, 1.82) is 0 Å². The molecule has 0 bridgehead atoms. The average Bonchev–Trinajstić information content (AvgIpc) is 2.79. The Balaban J connectivity index is 1.97. The van der Waals surface area contributed by atoms with Gasteiger partial charge < -0.3 is 5.11 Å². The number of aromatic nitrogens is 1. The molecule has 1 fully saturated rings. The molecule has 18 heavy (non-hydrogen) atoms. The zero-order valence-corrected chi connectivity index (χ0v) is 12.3. The monoisotopic (exact) mass is 323 g/mol. The second-order valence-corrected chi connectivity index (χ2v) is 6.52. The molecule has 0 radical (unpaired) electrons. The zero-order valence-electron chi connectivity index (χ0n) is 9.90. The van der Waals surface area contributed by atoms with Gasteiger partial charge in [-0.25, -0.2) is 4.98 Å². The largest absolute Gasteiger partial charge is 0.395 e. The molecule has 1 aliphatic carbocycles. The molecule has 4 heteroatoms. The van der Waals surface area contributed by atoms with Gasteiger partial charge in [-0.15, -0.1) is 11.3 Å². The standard InChI is InChI=1S/C14H14BrNOS/c15-11-5-2-1-4-10(11)12-8-18-13(16-12)14(9-17)6-3-7-14/h1-2,4-5,8,17H,3,6-7,9H2. The van der Waals surface area contributed by atoms with Crippen LogP contribution in [0.15, 0.2) is 34.1 Å². The molecular formula is C14H14BrNOS. The van der Waals surface area contributed by atoms with E-state index in [2.05, 4.69) is 27.4 Å². The summed E-state index contributed by atoms with van der Waals surface area (Å²) in [5.41, 5.74) is 2.07. The summed E-state index contributed by atoms with van der Waals surface area (Å²) in [5, 5.41) is 12.8. The van der Waals surface area contributed by atoms with E-state index < -0.39 is 0 Å². The number of hydrogen-bond acceptors (Lipinski definition) is 3. The fourth-order valence-electron chi connectivity index (χ4n) is 2.35. The predicted molar refractivity (Wildman–Crippen MR) is 77.9 cm³/mol. The molecular weight excluding hydrogens is 310 g/mol. The lowest BCUT2D eigenvalue weighted by Crippen LogP contribution is -2.37. The smallest absolute Gasteiger partial charge is 0.102 e. The van der Waals surface area contributed by atoms with Crippen LogP contribution >= 0.6 is 27.3 Å². The van der Waals surface area contributed by atoms with E-state index in [1.165, 1.54) is 6.42 Å². The van der Waals surface area contributed by atoms with E-state index in [1.54, 1.807) is 11.3 Å². The second kappa shape index (κ2) is 4.76. The molecule has 1 aliphatic rings. The van der Waals surface area contributed by atoms with Gasteiger partial charge in [0.05, 0.1) is 12.3 Å². The molecule has 0 atom stereocenters. The van der Waals surface area contributed by atoms with Gasteiger partial charge in [-0.05, 0) is 18.9 Å². The number of thiazole rings is 1. The topological polar surface area (TPSA) is 33.1 Å². The van der Waals surface area contributed by atoms with Gasteiger partial charge >= 0.3 is 0 Å². The quantitative estimate of drug-likeness (QED) is 0.926. The van der Waals surface area contributed by atoms with Crippen LogP contribution in [0.4, 0.5) is 0 Å². The molecule has 0 aliphatic heterocycles. The van der Waals surface area contributed by atoms with Crippen molar-refractivity contribution in [2.75, 3.05) is 6.61 Å². The van der Waals surface area contributed by atoms with Crippen LogP contribution < -0.4 is 0 Å². The molecule has 0 amide bonds. The van der Waals surface area contributed by atoms with E-state index in [1.807, 2.05) is 18.2 Å². The number of aliphatic hydroxyl groups excluding tert-OH is 1. The predicted octanol–water partition coefficient (Wildman–Crippen LogP) is 3.99. The first-order chi connectivity index (χ1) is 8.75. The highest BCUT2D eigenvalue weighted by Crippen LogP contribution is 2.45. The maximum Gasteiger partial charge on any atom is 0.102 e. The summed E-state index contributed by atoms with van der Waals surface area (Å²) in [5.74, 6) is 0. The third-order valence-electron chi connectivity index (χ3n) is 3.72. The van der Waals surface area contributed by atoms with E-state index in [9.17, 15) is 5.11 Å². The van der Waals surface area contributed by atoms with Crippen LogP contribution in [0, 0.1) is 0 Å². The first-order valence-electron chi connectivity index (χ1n) is 6.07. The van der Waals surface area contributed by atoms with Crippen LogP contribution in [0.5, 0.6) is 0 Å². The minimum Gasteiger partial charge on any atom is -0.395 e.